The minimum atomic E-state index is -0.0263. The Bertz CT molecular complexity index is 630. The van der Waals surface area contributed by atoms with Crippen molar-refractivity contribution in [3.05, 3.63) is 63.8 Å². The molecule has 4 nitrogen and oxygen atoms in total. The van der Waals surface area contributed by atoms with E-state index < -0.39 is 0 Å². The lowest BCUT2D eigenvalue weighted by Gasteiger charge is -2.22. The number of aryl methyl sites for hydroxylation is 2. The fourth-order valence-electron chi connectivity index (χ4n) is 2.88. The normalized spacial score (nSPS) is 16.0. The molecule has 1 saturated heterocycles. The van der Waals surface area contributed by atoms with Gasteiger partial charge in [0.2, 0.25) is 0 Å². The molecule has 1 aliphatic heterocycles. The third-order valence-electron chi connectivity index (χ3n) is 4.06. The van der Waals surface area contributed by atoms with Crippen molar-refractivity contribution in [1.29, 1.82) is 0 Å². The van der Waals surface area contributed by atoms with Crippen LogP contribution in [-0.2, 0) is 12.8 Å². The zero-order chi connectivity index (χ0) is 14.5. The van der Waals surface area contributed by atoms with E-state index in [2.05, 4.69) is 27.4 Å². The van der Waals surface area contributed by atoms with Crippen molar-refractivity contribution in [2.45, 2.75) is 31.6 Å². The van der Waals surface area contributed by atoms with Gasteiger partial charge in [-0.05, 0) is 37.9 Å². The van der Waals surface area contributed by atoms with E-state index >= 15 is 0 Å². The van der Waals surface area contributed by atoms with Crippen molar-refractivity contribution in [2.24, 2.45) is 0 Å². The Labute approximate surface area is 124 Å². The number of aromatic amines is 1. The summed E-state index contributed by atoms with van der Waals surface area (Å²) in [7, 11) is 0. The second-order valence-corrected chi connectivity index (χ2v) is 5.63. The van der Waals surface area contributed by atoms with Gasteiger partial charge in [-0.2, -0.15) is 0 Å². The van der Waals surface area contributed by atoms with Crippen LogP contribution in [0.15, 0.2) is 41.2 Å². The highest BCUT2D eigenvalue weighted by Crippen LogP contribution is 2.22. The summed E-state index contributed by atoms with van der Waals surface area (Å²) in [6, 6.07) is 12.0. The van der Waals surface area contributed by atoms with E-state index in [9.17, 15) is 4.79 Å². The van der Waals surface area contributed by atoms with E-state index in [0.29, 0.717) is 5.92 Å². The maximum atomic E-state index is 11.9. The van der Waals surface area contributed by atoms with Crippen LogP contribution in [0, 0.1) is 0 Å². The summed E-state index contributed by atoms with van der Waals surface area (Å²) in [4.78, 5) is 19.4. The van der Waals surface area contributed by atoms with Gasteiger partial charge in [-0.25, -0.2) is 4.98 Å². The number of nitrogens with one attached hydrogen (secondary N) is 2. The summed E-state index contributed by atoms with van der Waals surface area (Å²) in [6.45, 7) is 2.02. The smallest absolute Gasteiger partial charge is 0.251 e. The lowest BCUT2D eigenvalue weighted by atomic mass is 9.94. The van der Waals surface area contributed by atoms with Gasteiger partial charge in [-0.1, -0.05) is 30.3 Å². The second kappa shape index (κ2) is 6.68. The molecule has 0 atom stereocenters. The first-order valence-electron chi connectivity index (χ1n) is 7.66. The second-order valence-electron chi connectivity index (χ2n) is 5.63. The molecule has 110 valence electrons. The molecule has 2 N–H and O–H groups in total. The molecular weight excluding hydrogens is 262 g/mol. The van der Waals surface area contributed by atoms with E-state index in [-0.39, 0.29) is 5.56 Å². The third kappa shape index (κ3) is 3.79. The zero-order valence-corrected chi connectivity index (χ0v) is 12.1. The summed E-state index contributed by atoms with van der Waals surface area (Å²) < 4.78 is 0. The van der Waals surface area contributed by atoms with Gasteiger partial charge in [0.1, 0.15) is 5.82 Å². The van der Waals surface area contributed by atoms with Crippen LogP contribution >= 0.6 is 0 Å². The molecule has 0 aliphatic carbocycles. The van der Waals surface area contributed by atoms with Gasteiger partial charge in [0, 0.05) is 18.4 Å². The van der Waals surface area contributed by atoms with Crippen molar-refractivity contribution in [3.63, 3.8) is 0 Å². The fraction of sp³-hybridized carbons (Fsp3) is 0.412. The first-order valence-corrected chi connectivity index (χ1v) is 7.66. The van der Waals surface area contributed by atoms with Crippen molar-refractivity contribution < 1.29 is 0 Å². The van der Waals surface area contributed by atoms with Crippen molar-refractivity contribution in [1.82, 2.24) is 15.3 Å². The quantitative estimate of drug-likeness (QED) is 0.902. The third-order valence-corrected chi connectivity index (χ3v) is 4.06. The van der Waals surface area contributed by atoms with Gasteiger partial charge in [0.25, 0.3) is 5.56 Å². The van der Waals surface area contributed by atoms with Crippen molar-refractivity contribution in [2.75, 3.05) is 13.1 Å². The molecule has 0 amide bonds. The van der Waals surface area contributed by atoms with Crippen LogP contribution in [0.4, 0.5) is 0 Å². The van der Waals surface area contributed by atoms with E-state index in [4.69, 9.17) is 0 Å². The number of H-pyrrole nitrogens is 1. The Morgan fingerprint density at radius 1 is 1.10 bits per heavy atom. The number of rotatable bonds is 4. The van der Waals surface area contributed by atoms with E-state index in [0.717, 1.165) is 50.3 Å². The molecule has 2 aromatic rings. The van der Waals surface area contributed by atoms with Crippen molar-refractivity contribution >= 4 is 0 Å². The molecule has 1 aliphatic rings. The average molecular weight is 283 g/mol. The molecule has 21 heavy (non-hydrogen) atoms. The molecule has 1 fully saturated rings. The molecule has 0 saturated carbocycles. The van der Waals surface area contributed by atoms with Crippen LogP contribution in [0.25, 0.3) is 0 Å². The molecule has 4 heteroatoms. The summed E-state index contributed by atoms with van der Waals surface area (Å²) in [5.41, 5.74) is 2.21. The number of nitrogens with zero attached hydrogens (tertiary/aromatic N) is 1. The van der Waals surface area contributed by atoms with Gasteiger partial charge < -0.3 is 10.3 Å². The van der Waals surface area contributed by atoms with Crippen LogP contribution in [0.3, 0.4) is 0 Å². The fourth-order valence-corrected chi connectivity index (χ4v) is 2.88. The number of benzene rings is 1. The maximum absolute atomic E-state index is 11.9. The van der Waals surface area contributed by atoms with E-state index in [1.165, 1.54) is 5.56 Å². The highest BCUT2D eigenvalue weighted by Gasteiger charge is 2.17. The predicted molar refractivity (Wildman–Crippen MR) is 83.6 cm³/mol. The number of hydrogen-bond acceptors (Lipinski definition) is 3. The molecule has 0 radical (unpaired) electrons. The van der Waals surface area contributed by atoms with Crippen molar-refractivity contribution in [3.8, 4) is 0 Å². The number of aromatic nitrogens is 2. The summed E-state index contributed by atoms with van der Waals surface area (Å²) >= 11 is 0. The first kappa shape index (κ1) is 14.0. The Balaban J connectivity index is 1.73. The Hall–Kier alpha value is -1.94. The Morgan fingerprint density at radius 3 is 2.62 bits per heavy atom. The molecule has 0 unspecified atom stereocenters. The monoisotopic (exact) mass is 283 g/mol. The minimum absolute atomic E-state index is 0.0263. The summed E-state index contributed by atoms with van der Waals surface area (Å²) in [6.07, 6.45) is 3.81. The average Bonchev–Trinajstić information content (AvgIpc) is 2.54. The SMILES string of the molecule is O=c1cc(C2CCNCC2)nc(CCc2ccccc2)[nH]1. The number of piperidine rings is 1. The predicted octanol–water partition coefficient (Wildman–Crippen LogP) is 2.02. The topological polar surface area (TPSA) is 57.8 Å². The summed E-state index contributed by atoms with van der Waals surface area (Å²) in [5.74, 6) is 1.23. The standard InChI is InChI=1S/C17H21N3O/c21-17-12-15(14-8-10-18-11-9-14)19-16(20-17)7-6-13-4-2-1-3-5-13/h1-5,12,14,18H,6-11H2,(H,19,20,21). The minimum Gasteiger partial charge on any atom is -0.317 e. The molecule has 0 spiro atoms. The molecule has 1 aromatic carbocycles. The maximum Gasteiger partial charge on any atom is 0.251 e. The van der Waals surface area contributed by atoms with Gasteiger partial charge >= 0.3 is 0 Å². The highest BCUT2D eigenvalue weighted by molar-refractivity contribution is 5.16. The molecule has 2 heterocycles. The van der Waals surface area contributed by atoms with Gasteiger partial charge in [0.05, 0.1) is 5.69 Å². The summed E-state index contributed by atoms with van der Waals surface area (Å²) in [5, 5.41) is 3.35. The first-order chi connectivity index (χ1) is 10.3. The lowest BCUT2D eigenvalue weighted by Crippen LogP contribution is -2.28. The van der Waals surface area contributed by atoms with Crippen LogP contribution in [0.1, 0.15) is 35.8 Å². The largest absolute Gasteiger partial charge is 0.317 e. The van der Waals surface area contributed by atoms with Crippen LogP contribution < -0.4 is 10.9 Å². The van der Waals surface area contributed by atoms with E-state index in [1.54, 1.807) is 6.07 Å². The van der Waals surface area contributed by atoms with Crippen LogP contribution in [0.5, 0.6) is 0 Å². The molecule has 1 aromatic heterocycles. The van der Waals surface area contributed by atoms with Gasteiger partial charge in [-0.3, -0.25) is 4.79 Å². The molecular formula is C17H21N3O. The highest BCUT2D eigenvalue weighted by atomic mass is 16.1. The number of hydrogen-bond donors (Lipinski definition) is 2. The van der Waals surface area contributed by atoms with E-state index in [1.807, 2.05) is 18.2 Å². The molecule has 0 bridgehead atoms. The van der Waals surface area contributed by atoms with Crippen LogP contribution in [-0.4, -0.2) is 23.1 Å². The Kier molecular flexibility index (Phi) is 4.46. The van der Waals surface area contributed by atoms with Crippen LogP contribution in [0.2, 0.25) is 0 Å². The molecule has 3 rings (SSSR count). The van der Waals surface area contributed by atoms with Gasteiger partial charge in [0.15, 0.2) is 0 Å². The Morgan fingerprint density at radius 2 is 1.86 bits per heavy atom. The van der Waals surface area contributed by atoms with Gasteiger partial charge in [-0.15, -0.1) is 0 Å². The lowest BCUT2D eigenvalue weighted by molar-refractivity contribution is 0.451. The zero-order valence-electron chi connectivity index (χ0n) is 12.1.